The lowest BCUT2D eigenvalue weighted by Crippen LogP contribution is -2.34. The van der Waals surface area contributed by atoms with Crippen LogP contribution in [0.4, 0.5) is 0 Å². The number of ketones is 1. The molecule has 2 heteroatoms. The Balaban J connectivity index is 1.72. The summed E-state index contributed by atoms with van der Waals surface area (Å²) >= 11 is 0. The maximum Gasteiger partial charge on any atom is 0.143 e. The van der Waals surface area contributed by atoms with E-state index in [4.69, 9.17) is 4.74 Å². The maximum absolute atomic E-state index is 12.3. The van der Waals surface area contributed by atoms with Crippen molar-refractivity contribution < 1.29 is 9.53 Å². The van der Waals surface area contributed by atoms with Crippen LogP contribution in [0.15, 0.2) is 91.0 Å². The van der Waals surface area contributed by atoms with Crippen LogP contribution in [0, 0.1) is 5.92 Å². The van der Waals surface area contributed by atoms with Crippen LogP contribution in [0.1, 0.15) is 48.8 Å². The number of rotatable bonds is 7. The second-order valence-electron chi connectivity index (χ2n) is 7.83. The molecule has 1 saturated carbocycles. The number of carbonyl (C=O) groups excluding carboxylic acids is 1. The van der Waals surface area contributed by atoms with Crippen molar-refractivity contribution >= 4 is 5.78 Å². The van der Waals surface area contributed by atoms with E-state index in [0.717, 1.165) is 48.8 Å². The average Bonchev–Trinajstić information content (AvgIpc) is 2.80. The quantitative estimate of drug-likeness (QED) is 0.457. The minimum absolute atomic E-state index is 0.142. The van der Waals surface area contributed by atoms with Crippen molar-refractivity contribution in [1.82, 2.24) is 0 Å². The molecule has 0 spiro atoms. The van der Waals surface area contributed by atoms with Crippen LogP contribution in [0.2, 0.25) is 0 Å². The Morgan fingerprint density at radius 1 is 0.724 bits per heavy atom. The molecule has 1 atom stereocenters. The lowest BCUT2D eigenvalue weighted by molar-refractivity contribution is -0.125. The Bertz CT molecular complexity index is 806. The van der Waals surface area contributed by atoms with E-state index < -0.39 is 5.60 Å². The molecular weight excluding hydrogens is 356 g/mol. The standard InChI is InChI=1S/C27H28O2/c28-26-19-11-10-12-22(26)20-21-29-27(23-13-4-1-5-14-23,24-15-6-2-7-16-24)25-17-8-3-9-18-25/h1-9,13-18,22H,10-12,19-21H2. The summed E-state index contributed by atoms with van der Waals surface area (Å²) in [6, 6.07) is 31.2. The zero-order valence-corrected chi connectivity index (χ0v) is 16.8. The van der Waals surface area contributed by atoms with Crippen molar-refractivity contribution in [2.24, 2.45) is 5.92 Å². The SMILES string of the molecule is O=C1CCCCC1CCOC(c1ccccc1)(c1ccccc1)c1ccccc1. The first-order valence-electron chi connectivity index (χ1n) is 10.6. The van der Waals surface area contributed by atoms with Gasteiger partial charge in [-0.3, -0.25) is 4.79 Å². The van der Waals surface area contributed by atoms with Gasteiger partial charge < -0.3 is 4.74 Å². The molecule has 1 fully saturated rings. The minimum Gasteiger partial charge on any atom is -0.361 e. The molecule has 148 valence electrons. The van der Waals surface area contributed by atoms with Crippen molar-refractivity contribution in [2.45, 2.75) is 37.7 Å². The molecule has 0 amide bonds. The summed E-state index contributed by atoms with van der Waals surface area (Å²) in [7, 11) is 0. The van der Waals surface area contributed by atoms with Crippen molar-refractivity contribution in [3.8, 4) is 0 Å². The second-order valence-corrected chi connectivity index (χ2v) is 7.83. The van der Waals surface area contributed by atoms with E-state index in [1.807, 2.05) is 18.2 Å². The third kappa shape index (κ3) is 4.18. The van der Waals surface area contributed by atoms with Gasteiger partial charge in [0.2, 0.25) is 0 Å². The van der Waals surface area contributed by atoms with Gasteiger partial charge in [-0.05, 0) is 36.0 Å². The van der Waals surface area contributed by atoms with Crippen LogP contribution in [0.5, 0.6) is 0 Å². The van der Waals surface area contributed by atoms with E-state index in [1.54, 1.807) is 0 Å². The van der Waals surface area contributed by atoms with Crippen molar-refractivity contribution in [2.75, 3.05) is 6.61 Å². The highest BCUT2D eigenvalue weighted by Crippen LogP contribution is 2.40. The fourth-order valence-electron chi connectivity index (χ4n) is 4.48. The van der Waals surface area contributed by atoms with Gasteiger partial charge in [-0.1, -0.05) is 97.4 Å². The molecule has 29 heavy (non-hydrogen) atoms. The number of hydrogen-bond donors (Lipinski definition) is 0. The Morgan fingerprint density at radius 3 is 1.66 bits per heavy atom. The van der Waals surface area contributed by atoms with Gasteiger partial charge in [0.15, 0.2) is 0 Å². The van der Waals surface area contributed by atoms with Crippen LogP contribution < -0.4 is 0 Å². The van der Waals surface area contributed by atoms with Crippen molar-refractivity contribution in [3.63, 3.8) is 0 Å². The van der Waals surface area contributed by atoms with E-state index in [0.29, 0.717) is 12.4 Å². The molecule has 0 bridgehead atoms. The summed E-state index contributed by atoms with van der Waals surface area (Å²) in [5, 5.41) is 0. The van der Waals surface area contributed by atoms with Gasteiger partial charge in [0.25, 0.3) is 0 Å². The van der Waals surface area contributed by atoms with Crippen molar-refractivity contribution in [3.05, 3.63) is 108 Å². The predicted molar refractivity (Wildman–Crippen MR) is 117 cm³/mol. The predicted octanol–water partition coefficient (Wildman–Crippen LogP) is 6.14. The topological polar surface area (TPSA) is 26.3 Å². The summed E-state index contributed by atoms with van der Waals surface area (Å²) in [6.07, 6.45) is 4.70. The number of hydrogen-bond acceptors (Lipinski definition) is 2. The molecule has 2 nitrogen and oxygen atoms in total. The van der Waals surface area contributed by atoms with Crippen LogP contribution in [0.25, 0.3) is 0 Å². The fraction of sp³-hybridized carbons (Fsp3) is 0.296. The van der Waals surface area contributed by atoms with E-state index in [-0.39, 0.29) is 5.92 Å². The van der Waals surface area contributed by atoms with Gasteiger partial charge in [-0.25, -0.2) is 0 Å². The van der Waals surface area contributed by atoms with E-state index in [1.165, 1.54) is 0 Å². The maximum atomic E-state index is 12.3. The summed E-state index contributed by atoms with van der Waals surface area (Å²) in [5.41, 5.74) is 2.62. The third-order valence-corrected chi connectivity index (χ3v) is 6.01. The number of benzene rings is 3. The molecule has 0 aliphatic heterocycles. The summed E-state index contributed by atoms with van der Waals surface area (Å²) in [4.78, 5) is 12.3. The zero-order valence-electron chi connectivity index (χ0n) is 16.8. The Hall–Kier alpha value is -2.71. The number of Topliss-reactive ketones (excluding diaryl/α,β-unsaturated/α-hetero) is 1. The fourth-order valence-corrected chi connectivity index (χ4v) is 4.48. The molecular formula is C27H28O2. The Morgan fingerprint density at radius 2 is 1.21 bits per heavy atom. The molecule has 1 aliphatic carbocycles. The summed E-state index contributed by atoms with van der Waals surface area (Å²) < 4.78 is 6.79. The van der Waals surface area contributed by atoms with Gasteiger partial charge >= 0.3 is 0 Å². The van der Waals surface area contributed by atoms with Crippen LogP contribution >= 0.6 is 0 Å². The third-order valence-electron chi connectivity index (χ3n) is 6.01. The largest absolute Gasteiger partial charge is 0.361 e. The van der Waals surface area contributed by atoms with Gasteiger partial charge in [0.1, 0.15) is 11.4 Å². The van der Waals surface area contributed by atoms with Gasteiger partial charge in [-0.15, -0.1) is 0 Å². The van der Waals surface area contributed by atoms with E-state index in [9.17, 15) is 4.79 Å². The highest BCUT2D eigenvalue weighted by atomic mass is 16.5. The molecule has 1 aliphatic rings. The molecule has 0 heterocycles. The molecule has 0 saturated heterocycles. The van der Waals surface area contributed by atoms with E-state index >= 15 is 0 Å². The van der Waals surface area contributed by atoms with E-state index in [2.05, 4.69) is 72.8 Å². The number of carbonyl (C=O) groups is 1. The molecule has 0 radical (unpaired) electrons. The molecule has 3 aromatic carbocycles. The Kier molecular flexibility index (Phi) is 6.21. The molecule has 0 aromatic heterocycles. The molecule has 1 unspecified atom stereocenters. The average molecular weight is 385 g/mol. The number of ether oxygens (including phenoxy) is 1. The van der Waals surface area contributed by atoms with Crippen LogP contribution in [-0.2, 0) is 15.1 Å². The highest BCUT2D eigenvalue weighted by Gasteiger charge is 2.37. The monoisotopic (exact) mass is 384 g/mol. The molecule has 4 rings (SSSR count). The normalized spacial score (nSPS) is 17.2. The minimum atomic E-state index is -0.693. The van der Waals surface area contributed by atoms with Gasteiger partial charge in [0.05, 0.1) is 0 Å². The smallest absolute Gasteiger partial charge is 0.143 e. The van der Waals surface area contributed by atoms with Crippen LogP contribution in [-0.4, -0.2) is 12.4 Å². The molecule has 3 aromatic rings. The highest BCUT2D eigenvalue weighted by molar-refractivity contribution is 5.81. The summed E-state index contributed by atoms with van der Waals surface area (Å²) in [5.74, 6) is 0.549. The second kappa shape index (κ2) is 9.19. The first-order valence-corrected chi connectivity index (χ1v) is 10.6. The first kappa shape index (κ1) is 19.6. The van der Waals surface area contributed by atoms with Gasteiger partial charge in [-0.2, -0.15) is 0 Å². The van der Waals surface area contributed by atoms with Crippen molar-refractivity contribution in [1.29, 1.82) is 0 Å². The first-order chi connectivity index (χ1) is 14.3. The zero-order chi connectivity index (χ0) is 19.9. The lowest BCUT2D eigenvalue weighted by Gasteiger charge is -2.36. The Labute approximate surface area is 173 Å². The molecule has 0 N–H and O–H groups in total. The lowest BCUT2D eigenvalue weighted by atomic mass is 9.80. The summed E-state index contributed by atoms with van der Waals surface area (Å²) in [6.45, 7) is 0.551. The van der Waals surface area contributed by atoms with Gasteiger partial charge in [0, 0.05) is 18.9 Å². The van der Waals surface area contributed by atoms with Crippen LogP contribution in [0.3, 0.4) is 0 Å².